The number of halogens is 1. The van der Waals surface area contributed by atoms with Crippen molar-refractivity contribution in [3.05, 3.63) is 88.9 Å². The number of rotatable bonds is 6. The minimum atomic E-state index is -0.318. The first-order chi connectivity index (χ1) is 12.7. The Morgan fingerprint density at radius 3 is 2.42 bits per heavy atom. The molecule has 0 aromatic heterocycles. The number of carbonyl (C=O) groups excluding carboxylic acids is 1. The molecule has 5 heteroatoms. The zero-order valence-corrected chi connectivity index (χ0v) is 15.5. The number of nitrogens with one attached hydrogen (secondary N) is 1. The van der Waals surface area contributed by atoms with Crippen molar-refractivity contribution >= 4 is 28.1 Å². The molecular weight excluding hydrogens is 392 g/mol. The average molecular weight is 409 g/mol. The van der Waals surface area contributed by atoms with E-state index in [9.17, 15) is 4.79 Å². The second kappa shape index (κ2) is 8.97. The molecule has 1 amide bonds. The third-order valence-corrected chi connectivity index (χ3v) is 4.13. The molecule has 0 bridgehead atoms. The van der Waals surface area contributed by atoms with Crippen LogP contribution in [0.1, 0.15) is 5.56 Å². The lowest BCUT2D eigenvalue weighted by atomic mass is 10.1. The fraction of sp³-hybridized carbons (Fsp3) is 0.0476. The first-order valence-electron chi connectivity index (χ1n) is 8.07. The molecule has 130 valence electrons. The van der Waals surface area contributed by atoms with Crippen LogP contribution in [-0.2, 0) is 4.79 Å². The number of nitrogens with zero attached hydrogens (tertiary/aromatic N) is 1. The topological polar surface area (TPSA) is 50.7 Å². The lowest BCUT2D eigenvalue weighted by Gasteiger charge is -2.10. The molecule has 0 heterocycles. The fourth-order valence-corrected chi connectivity index (χ4v) is 2.62. The monoisotopic (exact) mass is 408 g/mol. The molecule has 0 spiro atoms. The minimum Gasteiger partial charge on any atom is -0.483 e. The maximum absolute atomic E-state index is 12.0. The second-order valence-electron chi connectivity index (χ2n) is 5.50. The first-order valence-corrected chi connectivity index (χ1v) is 8.86. The van der Waals surface area contributed by atoms with E-state index in [1.807, 2.05) is 78.9 Å². The Kier molecular flexibility index (Phi) is 6.17. The SMILES string of the molecule is O=C(COc1ccccc1-c1ccccc1)N/N=C/c1ccc(Br)cc1. The zero-order valence-electron chi connectivity index (χ0n) is 13.9. The summed E-state index contributed by atoms with van der Waals surface area (Å²) in [6, 6.07) is 25.2. The molecule has 0 aliphatic rings. The van der Waals surface area contributed by atoms with Crippen molar-refractivity contribution in [2.75, 3.05) is 6.61 Å². The van der Waals surface area contributed by atoms with E-state index in [1.54, 1.807) is 6.21 Å². The predicted molar refractivity (Wildman–Crippen MR) is 107 cm³/mol. The zero-order chi connectivity index (χ0) is 18.2. The van der Waals surface area contributed by atoms with Crippen LogP contribution >= 0.6 is 15.9 Å². The molecule has 0 unspecified atom stereocenters. The van der Waals surface area contributed by atoms with Crippen molar-refractivity contribution in [1.82, 2.24) is 5.43 Å². The number of amides is 1. The predicted octanol–water partition coefficient (Wildman–Crippen LogP) is 4.65. The van der Waals surface area contributed by atoms with Gasteiger partial charge in [-0.05, 0) is 29.3 Å². The highest BCUT2D eigenvalue weighted by molar-refractivity contribution is 9.10. The van der Waals surface area contributed by atoms with Crippen LogP contribution in [0.15, 0.2) is 88.4 Å². The van der Waals surface area contributed by atoms with Crippen LogP contribution in [0.4, 0.5) is 0 Å². The molecule has 4 nitrogen and oxygen atoms in total. The van der Waals surface area contributed by atoms with Gasteiger partial charge >= 0.3 is 0 Å². The molecule has 0 aliphatic heterocycles. The molecule has 0 fully saturated rings. The van der Waals surface area contributed by atoms with Crippen molar-refractivity contribution in [3.8, 4) is 16.9 Å². The van der Waals surface area contributed by atoms with Gasteiger partial charge in [-0.2, -0.15) is 5.10 Å². The van der Waals surface area contributed by atoms with E-state index in [2.05, 4.69) is 26.5 Å². The Balaban J connectivity index is 1.57. The second-order valence-corrected chi connectivity index (χ2v) is 6.41. The van der Waals surface area contributed by atoms with Gasteiger partial charge in [0.05, 0.1) is 6.21 Å². The van der Waals surface area contributed by atoms with Crippen LogP contribution in [0.2, 0.25) is 0 Å². The van der Waals surface area contributed by atoms with Crippen molar-refractivity contribution in [2.45, 2.75) is 0 Å². The van der Waals surface area contributed by atoms with E-state index in [-0.39, 0.29) is 12.5 Å². The van der Waals surface area contributed by atoms with Gasteiger partial charge in [0.2, 0.25) is 0 Å². The van der Waals surface area contributed by atoms with Crippen LogP contribution in [0.5, 0.6) is 5.75 Å². The Bertz CT molecular complexity index is 893. The lowest BCUT2D eigenvalue weighted by Crippen LogP contribution is -2.24. The van der Waals surface area contributed by atoms with Gasteiger partial charge in [-0.3, -0.25) is 4.79 Å². The number of hydrogen-bond acceptors (Lipinski definition) is 3. The summed E-state index contributed by atoms with van der Waals surface area (Å²) >= 11 is 3.37. The smallest absolute Gasteiger partial charge is 0.277 e. The van der Waals surface area contributed by atoms with Gasteiger partial charge in [-0.1, -0.05) is 76.6 Å². The largest absolute Gasteiger partial charge is 0.483 e. The van der Waals surface area contributed by atoms with Gasteiger partial charge in [0, 0.05) is 10.0 Å². The number of para-hydroxylation sites is 1. The molecule has 0 aliphatic carbocycles. The minimum absolute atomic E-state index is 0.110. The molecular formula is C21H17BrN2O2. The first kappa shape index (κ1) is 17.9. The molecule has 3 aromatic rings. The van der Waals surface area contributed by atoms with Crippen LogP contribution < -0.4 is 10.2 Å². The highest BCUT2D eigenvalue weighted by atomic mass is 79.9. The highest BCUT2D eigenvalue weighted by Crippen LogP contribution is 2.29. The summed E-state index contributed by atoms with van der Waals surface area (Å²) in [5.41, 5.74) is 5.34. The quantitative estimate of drug-likeness (QED) is 0.476. The van der Waals surface area contributed by atoms with Crippen molar-refractivity contribution in [2.24, 2.45) is 5.10 Å². The summed E-state index contributed by atoms with van der Waals surface area (Å²) in [5.74, 6) is 0.340. The standard InChI is InChI=1S/C21H17BrN2O2/c22-18-12-10-16(11-13-18)14-23-24-21(25)15-26-20-9-5-4-8-19(20)17-6-2-1-3-7-17/h1-14H,15H2,(H,24,25)/b23-14+. The van der Waals surface area contributed by atoms with Crippen molar-refractivity contribution in [1.29, 1.82) is 0 Å². The van der Waals surface area contributed by atoms with E-state index in [1.165, 1.54) is 0 Å². The van der Waals surface area contributed by atoms with Crippen LogP contribution in [0.3, 0.4) is 0 Å². The summed E-state index contributed by atoms with van der Waals surface area (Å²) in [7, 11) is 0. The molecule has 0 saturated heterocycles. The molecule has 0 saturated carbocycles. The Labute approximate surface area is 160 Å². The van der Waals surface area contributed by atoms with E-state index in [4.69, 9.17) is 4.74 Å². The maximum atomic E-state index is 12.0. The fourth-order valence-electron chi connectivity index (χ4n) is 2.35. The van der Waals surface area contributed by atoms with Gasteiger partial charge in [0.15, 0.2) is 6.61 Å². The van der Waals surface area contributed by atoms with E-state index >= 15 is 0 Å². The van der Waals surface area contributed by atoms with Gasteiger partial charge in [0.25, 0.3) is 5.91 Å². The van der Waals surface area contributed by atoms with Gasteiger partial charge in [0.1, 0.15) is 5.75 Å². The molecule has 0 atom stereocenters. The van der Waals surface area contributed by atoms with Crippen LogP contribution in [0.25, 0.3) is 11.1 Å². The lowest BCUT2D eigenvalue weighted by molar-refractivity contribution is -0.123. The maximum Gasteiger partial charge on any atom is 0.277 e. The Morgan fingerprint density at radius 1 is 0.962 bits per heavy atom. The third kappa shape index (κ3) is 5.04. The number of ether oxygens (including phenoxy) is 1. The van der Waals surface area contributed by atoms with Gasteiger partial charge in [-0.15, -0.1) is 0 Å². The molecule has 26 heavy (non-hydrogen) atoms. The molecule has 1 N–H and O–H groups in total. The van der Waals surface area contributed by atoms with E-state index < -0.39 is 0 Å². The van der Waals surface area contributed by atoms with Crippen LogP contribution in [0, 0.1) is 0 Å². The number of benzene rings is 3. The summed E-state index contributed by atoms with van der Waals surface area (Å²) < 4.78 is 6.67. The van der Waals surface area contributed by atoms with E-state index in [0.29, 0.717) is 5.75 Å². The van der Waals surface area contributed by atoms with Gasteiger partial charge < -0.3 is 4.74 Å². The normalized spacial score (nSPS) is 10.7. The summed E-state index contributed by atoms with van der Waals surface area (Å²) in [6.45, 7) is -0.110. The molecule has 0 radical (unpaired) electrons. The molecule has 3 rings (SSSR count). The van der Waals surface area contributed by atoms with E-state index in [0.717, 1.165) is 21.2 Å². The van der Waals surface area contributed by atoms with Crippen LogP contribution in [-0.4, -0.2) is 18.7 Å². The van der Waals surface area contributed by atoms with Crippen molar-refractivity contribution in [3.63, 3.8) is 0 Å². The Hall–Kier alpha value is -2.92. The molecule has 3 aromatic carbocycles. The summed E-state index contributed by atoms with van der Waals surface area (Å²) in [6.07, 6.45) is 1.59. The summed E-state index contributed by atoms with van der Waals surface area (Å²) in [4.78, 5) is 12.0. The Morgan fingerprint density at radius 2 is 1.65 bits per heavy atom. The average Bonchev–Trinajstić information content (AvgIpc) is 2.69. The van der Waals surface area contributed by atoms with Crippen molar-refractivity contribution < 1.29 is 9.53 Å². The van der Waals surface area contributed by atoms with Gasteiger partial charge in [-0.25, -0.2) is 5.43 Å². The number of hydrogen-bond donors (Lipinski definition) is 1. The highest BCUT2D eigenvalue weighted by Gasteiger charge is 2.07. The third-order valence-electron chi connectivity index (χ3n) is 3.60. The summed E-state index contributed by atoms with van der Waals surface area (Å²) in [5, 5.41) is 3.94. The number of carbonyl (C=O) groups is 1. The number of hydrazone groups is 1.